The lowest BCUT2D eigenvalue weighted by atomic mass is 10.1. The summed E-state index contributed by atoms with van der Waals surface area (Å²) in [5.41, 5.74) is 3.49. The molecule has 2 heterocycles. The second kappa shape index (κ2) is 17.5. The summed E-state index contributed by atoms with van der Waals surface area (Å²) in [5, 5.41) is 0.630. The van der Waals surface area contributed by atoms with Crippen molar-refractivity contribution in [3.8, 4) is 0 Å². The van der Waals surface area contributed by atoms with Crippen molar-refractivity contribution in [2.75, 3.05) is 38.1 Å². The van der Waals surface area contributed by atoms with Crippen molar-refractivity contribution in [2.24, 2.45) is 4.99 Å². The van der Waals surface area contributed by atoms with E-state index in [0.717, 1.165) is 67.5 Å². The summed E-state index contributed by atoms with van der Waals surface area (Å²) in [5.74, 6) is 1.05. The molecule has 42 heavy (non-hydrogen) atoms. The molecule has 0 bridgehead atoms. The number of likely N-dealkylation sites (N-methyl/N-ethyl adjacent to an activating group) is 1. The Morgan fingerprint density at radius 1 is 0.810 bits per heavy atom. The molecule has 0 aliphatic carbocycles. The Morgan fingerprint density at radius 3 is 2.17 bits per heavy atom. The molecule has 0 spiro atoms. The molecule has 2 aliphatic rings. The van der Waals surface area contributed by atoms with Crippen molar-refractivity contribution < 1.29 is 4.79 Å². The number of aliphatic imine (C=N–C) groups is 1. The van der Waals surface area contributed by atoms with Crippen LogP contribution < -0.4 is 4.90 Å². The monoisotopic (exact) mass is 590 g/mol. The first-order chi connectivity index (χ1) is 20.6. The number of hydrogen-bond donors (Lipinski definition) is 0. The van der Waals surface area contributed by atoms with Gasteiger partial charge >= 0.3 is 0 Å². The summed E-state index contributed by atoms with van der Waals surface area (Å²) in [6, 6.07) is 13.9. The van der Waals surface area contributed by atoms with E-state index in [1.54, 1.807) is 0 Å². The van der Waals surface area contributed by atoms with Crippen molar-refractivity contribution in [2.45, 2.75) is 96.8 Å². The van der Waals surface area contributed by atoms with Crippen LogP contribution in [0.15, 0.2) is 59.6 Å². The molecule has 4 rings (SSSR count). The number of carbonyl (C=O) groups is 1. The molecule has 6 heteroatoms. The van der Waals surface area contributed by atoms with Crippen LogP contribution in [0.3, 0.4) is 0 Å². The predicted octanol–water partition coefficient (Wildman–Crippen LogP) is 9.68. The minimum Gasteiger partial charge on any atom is -0.353 e. The molecular formula is C36H51ClN4O. The zero-order chi connectivity index (χ0) is 29.6. The lowest BCUT2D eigenvalue weighted by Crippen LogP contribution is -2.47. The fourth-order valence-electron chi connectivity index (χ4n) is 5.92. The van der Waals surface area contributed by atoms with E-state index in [-0.39, 0.29) is 5.91 Å². The van der Waals surface area contributed by atoms with Gasteiger partial charge in [0.2, 0.25) is 5.91 Å². The first-order valence-electron chi connectivity index (χ1n) is 16.5. The average Bonchev–Trinajstić information content (AvgIpc) is 3.14. The topological polar surface area (TPSA) is 39.2 Å². The maximum absolute atomic E-state index is 13.8. The number of amidine groups is 1. The van der Waals surface area contributed by atoms with Crippen LogP contribution in [0, 0.1) is 0 Å². The van der Waals surface area contributed by atoms with Gasteiger partial charge in [0.05, 0.1) is 17.1 Å². The molecule has 228 valence electrons. The third-order valence-corrected chi connectivity index (χ3v) is 8.73. The lowest BCUT2D eigenvalue weighted by molar-refractivity contribution is -0.118. The number of halogens is 1. The Bertz CT molecular complexity index is 1180. The Hall–Kier alpha value is -2.63. The van der Waals surface area contributed by atoms with Gasteiger partial charge in [-0.1, -0.05) is 94.2 Å². The molecule has 0 N–H and O–H groups in total. The van der Waals surface area contributed by atoms with E-state index in [0.29, 0.717) is 11.4 Å². The highest BCUT2D eigenvalue weighted by Crippen LogP contribution is 2.42. The van der Waals surface area contributed by atoms with Crippen molar-refractivity contribution in [3.05, 3.63) is 65.2 Å². The van der Waals surface area contributed by atoms with E-state index in [2.05, 4.69) is 48.1 Å². The van der Waals surface area contributed by atoms with Crippen LogP contribution in [0.1, 0.15) is 102 Å². The fraction of sp³-hybridized carbons (Fsp3) is 0.556. The second-order valence-electron chi connectivity index (χ2n) is 11.9. The first-order valence-corrected chi connectivity index (χ1v) is 16.9. The van der Waals surface area contributed by atoms with Gasteiger partial charge < -0.3 is 9.80 Å². The summed E-state index contributed by atoms with van der Waals surface area (Å²) < 4.78 is 0. The zero-order valence-corrected chi connectivity index (χ0v) is 26.8. The van der Waals surface area contributed by atoms with Crippen LogP contribution >= 0.6 is 11.6 Å². The van der Waals surface area contributed by atoms with Gasteiger partial charge in [0, 0.05) is 43.2 Å². The molecule has 2 aliphatic heterocycles. The number of unbranched alkanes of at least 4 members (excludes halogenated alkanes) is 11. The van der Waals surface area contributed by atoms with Gasteiger partial charge in [-0.2, -0.15) is 0 Å². The van der Waals surface area contributed by atoms with Crippen LogP contribution in [0.5, 0.6) is 0 Å². The Balaban J connectivity index is 1.29. The van der Waals surface area contributed by atoms with Crippen LogP contribution in [-0.4, -0.2) is 54.8 Å². The van der Waals surface area contributed by atoms with Crippen molar-refractivity contribution in [1.29, 1.82) is 0 Å². The molecule has 0 atom stereocenters. The SMILES string of the molecule is CCCCCCCC/C=C/CCCCCCCC(=O)N1c2ccc(Cl)cc2N=C(N2CCN(C)CC2)c2ccccc21. The summed E-state index contributed by atoms with van der Waals surface area (Å²) in [6.07, 6.45) is 21.5. The standard InChI is InChI=1S/C36H51ClN4O/c1-3-4-5-6-7-8-9-10-11-12-13-14-15-16-17-22-35(42)41-33-21-19-18-20-31(33)36(40-27-25-39(2)26-28-40)38-32-29-30(37)23-24-34(32)41/h10-11,18-21,23-24,29H,3-9,12-17,22,25-28H2,1-2H3/b11-10+. The largest absolute Gasteiger partial charge is 0.353 e. The molecule has 5 nitrogen and oxygen atoms in total. The van der Waals surface area contributed by atoms with Gasteiger partial charge in [-0.05, 0) is 69.5 Å². The molecular weight excluding hydrogens is 540 g/mol. The minimum absolute atomic E-state index is 0.124. The number of anilines is 2. The highest BCUT2D eigenvalue weighted by Gasteiger charge is 2.30. The summed E-state index contributed by atoms with van der Waals surface area (Å²) in [6.45, 7) is 6.06. The average molecular weight is 591 g/mol. The zero-order valence-electron chi connectivity index (χ0n) is 26.0. The molecule has 1 amide bonds. The van der Waals surface area contributed by atoms with E-state index in [4.69, 9.17) is 16.6 Å². The van der Waals surface area contributed by atoms with Gasteiger partial charge in [-0.15, -0.1) is 0 Å². The summed E-state index contributed by atoms with van der Waals surface area (Å²) in [7, 11) is 2.16. The lowest BCUT2D eigenvalue weighted by Gasteiger charge is -2.35. The van der Waals surface area contributed by atoms with Crippen LogP contribution in [0.2, 0.25) is 5.02 Å². The van der Waals surface area contributed by atoms with E-state index >= 15 is 0 Å². The number of hydrogen-bond acceptors (Lipinski definition) is 4. The Kier molecular flexibility index (Phi) is 13.4. The second-order valence-corrected chi connectivity index (χ2v) is 12.4. The highest BCUT2D eigenvalue weighted by molar-refractivity contribution is 6.31. The molecule has 0 saturated carbocycles. The third kappa shape index (κ3) is 9.44. The number of fused-ring (bicyclic) bond motifs is 2. The fourth-order valence-corrected chi connectivity index (χ4v) is 6.09. The molecule has 2 aromatic carbocycles. The van der Waals surface area contributed by atoms with Gasteiger partial charge in [0.1, 0.15) is 5.84 Å². The van der Waals surface area contributed by atoms with Gasteiger partial charge in [0.15, 0.2) is 0 Å². The number of amides is 1. The van der Waals surface area contributed by atoms with Crippen molar-refractivity contribution in [1.82, 2.24) is 9.80 Å². The Morgan fingerprint density at radius 2 is 1.45 bits per heavy atom. The van der Waals surface area contributed by atoms with Gasteiger partial charge in [0.25, 0.3) is 0 Å². The molecule has 2 aromatic rings. The highest BCUT2D eigenvalue weighted by atomic mass is 35.5. The van der Waals surface area contributed by atoms with Crippen LogP contribution in [-0.2, 0) is 4.79 Å². The molecule has 1 fully saturated rings. The number of carbonyl (C=O) groups excluding carboxylic acids is 1. The third-order valence-electron chi connectivity index (χ3n) is 8.50. The van der Waals surface area contributed by atoms with Gasteiger partial charge in [-0.25, -0.2) is 4.99 Å². The number of allylic oxidation sites excluding steroid dienone is 2. The van der Waals surface area contributed by atoms with Crippen molar-refractivity contribution >= 4 is 40.4 Å². The number of piperazine rings is 1. The normalized spacial score (nSPS) is 15.5. The number of benzene rings is 2. The number of para-hydroxylation sites is 1. The van der Waals surface area contributed by atoms with E-state index in [1.165, 1.54) is 70.6 Å². The van der Waals surface area contributed by atoms with E-state index in [1.807, 2.05) is 35.2 Å². The smallest absolute Gasteiger partial charge is 0.231 e. The number of nitrogens with zero attached hydrogens (tertiary/aromatic N) is 4. The van der Waals surface area contributed by atoms with Crippen molar-refractivity contribution in [3.63, 3.8) is 0 Å². The summed E-state index contributed by atoms with van der Waals surface area (Å²) in [4.78, 5) is 25.6. The maximum atomic E-state index is 13.8. The van der Waals surface area contributed by atoms with E-state index in [9.17, 15) is 4.79 Å². The van der Waals surface area contributed by atoms with Crippen LogP contribution in [0.25, 0.3) is 0 Å². The molecule has 0 aromatic heterocycles. The maximum Gasteiger partial charge on any atom is 0.231 e. The molecule has 1 saturated heterocycles. The first kappa shape index (κ1) is 32.3. The molecule has 0 unspecified atom stereocenters. The predicted molar refractivity (Wildman–Crippen MR) is 180 cm³/mol. The minimum atomic E-state index is 0.124. The van der Waals surface area contributed by atoms with Gasteiger partial charge in [-0.3, -0.25) is 9.69 Å². The summed E-state index contributed by atoms with van der Waals surface area (Å²) >= 11 is 6.43. The van der Waals surface area contributed by atoms with E-state index < -0.39 is 0 Å². The quantitative estimate of drug-likeness (QED) is 0.153. The van der Waals surface area contributed by atoms with Crippen LogP contribution in [0.4, 0.5) is 17.1 Å². The Labute approximate surface area is 259 Å². The molecule has 0 radical (unpaired) electrons. The number of rotatable bonds is 15.